The largest absolute Gasteiger partial charge is 0.494 e. The molecule has 0 radical (unpaired) electrons. The fourth-order valence-corrected chi connectivity index (χ4v) is 1.84. The van der Waals surface area contributed by atoms with E-state index in [1.165, 1.54) is 0 Å². The van der Waals surface area contributed by atoms with Crippen LogP contribution in [0.1, 0.15) is 20.3 Å². The van der Waals surface area contributed by atoms with E-state index in [1.807, 2.05) is 30.3 Å². The summed E-state index contributed by atoms with van der Waals surface area (Å²) in [5.74, 6) is 0.954. The maximum Gasteiger partial charge on any atom is 0.119 e. The molecule has 1 rings (SSSR count). The van der Waals surface area contributed by atoms with Crippen LogP contribution in [-0.2, 0) is 0 Å². The Morgan fingerprint density at radius 1 is 1.24 bits per heavy atom. The van der Waals surface area contributed by atoms with Gasteiger partial charge in [0.05, 0.1) is 6.61 Å². The number of rotatable bonds is 7. The smallest absolute Gasteiger partial charge is 0.119 e. The Morgan fingerprint density at radius 2 is 1.88 bits per heavy atom. The normalized spacial score (nSPS) is 11.8. The average Bonchev–Trinajstić information content (AvgIpc) is 2.35. The molecule has 0 heterocycles. The third-order valence-electron chi connectivity index (χ3n) is 3.01. The molecule has 1 aromatic carbocycles. The van der Waals surface area contributed by atoms with E-state index in [2.05, 4.69) is 41.7 Å². The Bertz CT molecular complexity index is 313. The SMILES string of the molecule is CN(CCCOc1ccccc1)C(C)(C)CBr. The van der Waals surface area contributed by atoms with Gasteiger partial charge in [-0.1, -0.05) is 34.1 Å². The zero-order chi connectivity index (χ0) is 12.7. The first-order valence-corrected chi connectivity index (χ1v) is 7.13. The number of para-hydroxylation sites is 1. The third kappa shape index (κ3) is 5.09. The number of hydrogen-bond donors (Lipinski definition) is 0. The van der Waals surface area contributed by atoms with Gasteiger partial charge >= 0.3 is 0 Å². The van der Waals surface area contributed by atoms with Crippen LogP contribution < -0.4 is 4.74 Å². The summed E-state index contributed by atoms with van der Waals surface area (Å²) in [5, 5.41) is 0.982. The predicted molar refractivity (Wildman–Crippen MR) is 77.1 cm³/mol. The van der Waals surface area contributed by atoms with Crippen LogP contribution in [0.25, 0.3) is 0 Å². The molecule has 0 aliphatic carbocycles. The van der Waals surface area contributed by atoms with E-state index in [1.54, 1.807) is 0 Å². The summed E-state index contributed by atoms with van der Waals surface area (Å²) >= 11 is 3.54. The summed E-state index contributed by atoms with van der Waals surface area (Å²) in [6, 6.07) is 9.97. The van der Waals surface area contributed by atoms with E-state index < -0.39 is 0 Å². The number of hydrogen-bond acceptors (Lipinski definition) is 2. The van der Waals surface area contributed by atoms with Crippen LogP contribution in [0.5, 0.6) is 5.75 Å². The lowest BCUT2D eigenvalue weighted by Gasteiger charge is -2.34. The molecule has 0 fully saturated rings. The van der Waals surface area contributed by atoms with E-state index in [-0.39, 0.29) is 5.54 Å². The van der Waals surface area contributed by atoms with Gasteiger partial charge in [-0.3, -0.25) is 0 Å². The highest BCUT2D eigenvalue weighted by atomic mass is 79.9. The van der Waals surface area contributed by atoms with Crippen molar-refractivity contribution in [1.29, 1.82) is 0 Å². The van der Waals surface area contributed by atoms with Crippen LogP contribution >= 0.6 is 15.9 Å². The molecule has 0 spiro atoms. The molecule has 0 aromatic heterocycles. The van der Waals surface area contributed by atoms with Crippen molar-refractivity contribution < 1.29 is 4.74 Å². The highest BCUT2D eigenvalue weighted by Gasteiger charge is 2.21. The summed E-state index contributed by atoms with van der Waals surface area (Å²) in [7, 11) is 2.16. The lowest BCUT2D eigenvalue weighted by molar-refractivity contribution is 0.166. The lowest BCUT2D eigenvalue weighted by Crippen LogP contribution is -2.43. The van der Waals surface area contributed by atoms with Gasteiger partial charge in [0.15, 0.2) is 0 Å². The van der Waals surface area contributed by atoms with Gasteiger partial charge in [0.2, 0.25) is 0 Å². The summed E-state index contributed by atoms with van der Waals surface area (Å²) < 4.78 is 5.66. The topological polar surface area (TPSA) is 12.5 Å². The Morgan fingerprint density at radius 3 is 2.47 bits per heavy atom. The fourth-order valence-electron chi connectivity index (χ4n) is 1.41. The van der Waals surface area contributed by atoms with Gasteiger partial charge in [0.25, 0.3) is 0 Å². The van der Waals surface area contributed by atoms with Crippen LogP contribution in [0, 0.1) is 0 Å². The molecule has 0 amide bonds. The van der Waals surface area contributed by atoms with Crippen molar-refractivity contribution in [3.63, 3.8) is 0 Å². The minimum Gasteiger partial charge on any atom is -0.494 e. The minimum atomic E-state index is 0.201. The standard InChI is InChI=1S/C14H22BrNO/c1-14(2,12-15)16(3)10-7-11-17-13-8-5-4-6-9-13/h4-6,8-9H,7,10-12H2,1-3H3. The second-order valence-corrected chi connectivity index (χ2v) is 5.44. The second-order valence-electron chi connectivity index (χ2n) is 4.88. The molecule has 96 valence electrons. The van der Waals surface area contributed by atoms with Crippen molar-refractivity contribution in [3.8, 4) is 5.75 Å². The zero-order valence-corrected chi connectivity index (χ0v) is 12.5. The maximum absolute atomic E-state index is 5.66. The van der Waals surface area contributed by atoms with Crippen molar-refractivity contribution in [2.45, 2.75) is 25.8 Å². The first kappa shape index (κ1) is 14.5. The van der Waals surface area contributed by atoms with Gasteiger partial charge in [0.1, 0.15) is 5.75 Å². The van der Waals surface area contributed by atoms with Crippen molar-refractivity contribution in [3.05, 3.63) is 30.3 Å². The Hall–Kier alpha value is -0.540. The molecule has 0 saturated heterocycles. The quantitative estimate of drug-likeness (QED) is 0.564. The van der Waals surface area contributed by atoms with Crippen LogP contribution in [0.3, 0.4) is 0 Å². The number of ether oxygens (including phenoxy) is 1. The highest BCUT2D eigenvalue weighted by Crippen LogP contribution is 2.15. The molecule has 0 N–H and O–H groups in total. The Labute approximate surface area is 113 Å². The molecule has 1 aromatic rings. The first-order chi connectivity index (χ1) is 8.06. The van der Waals surface area contributed by atoms with Crippen molar-refractivity contribution in [2.75, 3.05) is 25.5 Å². The monoisotopic (exact) mass is 299 g/mol. The van der Waals surface area contributed by atoms with E-state index in [0.29, 0.717) is 0 Å². The summed E-state index contributed by atoms with van der Waals surface area (Å²) in [5.41, 5.74) is 0.201. The summed E-state index contributed by atoms with van der Waals surface area (Å²) in [4.78, 5) is 2.36. The highest BCUT2D eigenvalue weighted by molar-refractivity contribution is 9.09. The molecule has 0 aliphatic rings. The lowest BCUT2D eigenvalue weighted by atomic mass is 10.1. The molecule has 0 unspecified atom stereocenters. The van der Waals surface area contributed by atoms with Gasteiger partial charge in [-0.05, 0) is 39.4 Å². The fraction of sp³-hybridized carbons (Fsp3) is 0.571. The summed E-state index contributed by atoms with van der Waals surface area (Å²) in [6.07, 6.45) is 1.04. The van der Waals surface area contributed by atoms with Crippen molar-refractivity contribution in [1.82, 2.24) is 4.90 Å². The number of nitrogens with zero attached hydrogens (tertiary/aromatic N) is 1. The van der Waals surface area contributed by atoms with Crippen LogP contribution in [0.4, 0.5) is 0 Å². The van der Waals surface area contributed by atoms with Gasteiger partial charge in [-0.2, -0.15) is 0 Å². The van der Waals surface area contributed by atoms with Gasteiger partial charge in [-0.15, -0.1) is 0 Å². The Balaban J connectivity index is 2.21. The van der Waals surface area contributed by atoms with E-state index in [4.69, 9.17) is 4.74 Å². The molecular formula is C14H22BrNO. The predicted octanol–water partition coefficient (Wildman–Crippen LogP) is 3.56. The number of halogens is 1. The van der Waals surface area contributed by atoms with Gasteiger partial charge in [-0.25, -0.2) is 0 Å². The Kier molecular flexibility index (Phi) is 6.00. The molecule has 0 saturated carbocycles. The third-order valence-corrected chi connectivity index (χ3v) is 4.38. The van der Waals surface area contributed by atoms with E-state index >= 15 is 0 Å². The van der Waals surface area contributed by atoms with Gasteiger partial charge in [0, 0.05) is 17.4 Å². The zero-order valence-electron chi connectivity index (χ0n) is 10.9. The molecule has 0 aliphatic heterocycles. The molecular weight excluding hydrogens is 278 g/mol. The molecule has 2 nitrogen and oxygen atoms in total. The van der Waals surface area contributed by atoms with Crippen LogP contribution in [0.15, 0.2) is 30.3 Å². The van der Waals surface area contributed by atoms with Gasteiger partial charge < -0.3 is 9.64 Å². The molecule has 0 atom stereocenters. The molecule has 3 heteroatoms. The average molecular weight is 300 g/mol. The van der Waals surface area contributed by atoms with E-state index in [9.17, 15) is 0 Å². The maximum atomic E-state index is 5.66. The van der Waals surface area contributed by atoms with E-state index in [0.717, 1.165) is 30.7 Å². The van der Waals surface area contributed by atoms with Crippen molar-refractivity contribution >= 4 is 15.9 Å². The van der Waals surface area contributed by atoms with Crippen molar-refractivity contribution in [2.24, 2.45) is 0 Å². The number of alkyl halides is 1. The second kappa shape index (κ2) is 7.02. The number of benzene rings is 1. The summed E-state index contributed by atoms with van der Waals surface area (Å²) in [6.45, 7) is 6.29. The minimum absolute atomic E-state index is 0.201. The first-order valence-electron chi connectivity index (χ1n) is 6.01. The van der Waals surface area contributed by atoms with Crippen LogP contribution in [-0.4, -0.2) is 36.0 Å². The molecule has 17 heavy (non-hydrogen) atoms. The van der Waals surface area contributed by atoms with Crippen LogP contribution in [0.2, 0.25) is 0 Å². The molecule has 0 bridgehead atoms.